The Labute approximate surface area is 162 Å². The maximum absolute atomic E-state index is 4.72. The Hall–Kier alpha value is -2.79. The molecule has 0 saturated heterocycles. The van der Waals surface area contributed by atoms with E-state index in [1.165, 1.54) is 5.56 Å². The largest absolute Gasteiger partial charge is 0.384 e. The minimum Gasteiger partial charge on any atom is -0.384 e. The molecular formula is C22H29N5. The molecule has 2 aliphatic heterocycles. The van der Waals surface area contributed by atoms with Crippen molar-refractivity contribution in [2.24, 2.45) is 4.99 Å². The van der Waals surface area contributed by atoms with Gasteiger partial charge in [0.1, 0.15) is 11.7 Å². The first kappa shape index (κ1) is 19.0. The molecule has 5 nitrogen and oxygen atoms in total. The number of likely N-dealkylation sites (N-methyl/N-ethyl adjacent to an activating group) is 1. The van der Waals surface area contributed by atoms with Crippen LogP contribution in [-0.4, -0.2) is 55.9 Å². The SMILES string of the molecule is C=C/C1=C2/NC(=NCCN(C)CCNC(=C)c3cc(C)cc1c3)C=CN2C. The average Bonchev–Trinajstić information content (AvgIpc) is 2.63. The van der Waals surface area contributed by atoms with E-state index in [-0.39, 0.29) is 0 Å². The predicted molar refractivity (Wildman–Crippen MR) is 115 cm³/mol. The summed E-state index contributed by atoms with van der Waals surface area (Å²) in [6, 6.07) is 6.51. The summed E-state index contributed by atoms with van der Waals surface area (Å²) in [5.74, 6) is 1.85. The van der Waals surface area contributed by atoms with Gasteiger partial charge in [0.25, 0.3) is 0 Å². The predicted octanol–water partition coefficient (Wildman–Crippen LogP) is 2.80. The number of allylic oxidation sites excluding steroid dienone is 2. The van der Waals surface area contributed by atoms with E-state index < -0.39 is 0 Å². The normalized spacial score (nSPS) is 21.5. The molecule has 0 radical (unpaired) electrons. The minimum atomic E-state index is 0.747. The maximum atomic E-state index is 4.72. The van der Waals surface area contributed by atoms with Crippen molar-refractivity contribution in [2.45, 2.75) is 6.92 Å². The molecule has 0 spiro atoms. The standard InChI is InChI=1S/C22H29N5/c1-6-20-19-14-16(2)13-18(15-19)17(3)23-8-11-26(4)12-9-24-21-7-10-27(5)22(20)25-21/h6-7,10,13-15,23H,1,3,8-9,11-12H2,2,4-5H3,(H,24,25)/b22-20+. The average molecular weight is 364 g/mol. The van der Waals surface area contributed by atoms with E-state index >= 15 is 0 Å². The molecule has 0 fully saturated rings. The molecule has 0 aliphatic carbocycles. The molecule has 3 rings (SSSR count). The van der Waals surface area contributed by atoms with E-state index in [1.807, 2.05) is 25.4 Å². The third-order valence-electron chi connectivity index (χ3n) is 4.85. The summed E-state index contributed by atoms with van der Waals surface area (Å²) in [5, 5.41) is 6.92. The number of hydrogen-bond acceptors (Lipinski definition) is 5. The molecular weight excluding hydrogens is 334 g/mol. The van der Waals surface area contributed by atoms with Gasteiger partial charge in [0.15, 0.2) is 0 Å². The van der Waals surface area contributed by atoms with Gasteiger partial charge in [-0.3, -0.25) is 4.99 Å². The molecule has 27 heavy (non-hydrogen) atoms. The molecule has 1 aromatic rings. The Morgan fingerprint density at radius 3 is 2.70 bits per heavy atom. The van der Waals surface area contributed by atoms with Gasteiger partial charge < -0.3 is 20.4 Å². The Morgan fingerprint density at radius 1 is 1.15 bits per heavy atom. The van der Waals surface area contributed by atoms with Gasteiger partial charge in [0.2, 0.25) is 0 Å². The molecule has 142 valence electrons. The van der Waals surface area contributed by atoms with Crippen LogP contribution in [0.25, 0.3) is 11.3 Å². The summed E-state index contributed by atoms with van der Waals surface area (Å²) < 4.78 is 0. The fraction of sp³-hybridized carbons (Fsp3) is 0.318. The van der Waals surface area contributed by atoms with Gasteiger partial charge >= 0.3 is 0 Å². The zero-order valence-electron chi connectivity index (χ0n) is 16.5. The lowest BCUT2D eigenvalue weighted by Crippen LogP contribution is -2.35. The highest BCUT2D eigenvalue weighted by molar-refractivity contribution is 5.97. The maximum Gasteiger partial charge on any atom is 0.127 e. The topological polar surface area (TPSA) is 42.9 Å². The monoisotopic (exact) mass is 363 g/mol. The molecule has 5 heteroatoms. The van der Waals surface area contributed by atoms with E-state index in [0.29, 0.717) is 0 Å². The number of benzene rings is 1. The number of amidine groups is 1. The van der Waals surface area contributed by atoms with Crippen LogP contribution in [0.5, 0.6) is 0 Å². The van der Waals surface area contributed by atoms with Gasteiger partial charge in [0, 0.05) is 44.2 Å². The highest BCUT2D eigenvalue weighted by Crippen LogP contribution is 2.26. The van der Waals surface area contributed by atoms with Crippen LogP contribution in [0.1, 0.15) is 16.7 Å². The van der Waals surface area contributed by atoms with Crippen LogP contribution in [0.4, 0.5) is 0 Å². The van der Waals surface area contributed by atoms with Crippen molar-refractivity contribution in [3.63, 3.8) is 0 Å². The smallest absolute Gasteiger partial charge is 0.127 e. The van der Waals surface area contributed by atoms with Crippen LogP contribution in [0.2, 0.25) is 0 Å². The Bertz CT molecular complexity index is 831. The lowest BCUT2D eigenvalue weighted by Gasteiger charge is -2.27. The first-order valence-electron chi connectivity index (χ1n) is 9.31. The van der Waals surface area contributed by atoms with Gasteiger partial charge in [-0.05, 0) is 48.9 Å². The second-order valence-electron chi connectivity index (χ2n) is 7.08. The second-order valence-corrected chi connectivity index (χ2v) is 7.08. The second kappa shape index (κ2) is 8.27. The molecule has 2 N–H and O–H groups in total. The van der Waals surface area contributed by atoms with Gasteiger partial charge in [-0.15, -0.1) is 0 Å². The molecule has 2 heterocycles. The van der Waals surface area contributed by atoms with Crippen molar-refractivity contribution in [3.05, 3.63) is 72.2 Å². The third kappa shape index (κ3) is 4.49. The van der Waals surface area contributed by atoms with Crippen LogP contribution in [0, 0.1) is 6.92 Å². The Balaban J connectivity index is 2.11. The zero-order chi connectivity index (χ0) is 19.4. The summed E-state index contributed by atoms with van der Waals surface area (Å²) in [5.41, 5.74) is 5.39. The van der Waals surface area contributed by atoms with Gasteiger partial charge in [0.05, 0.1) is 6.54 Å². The lowest BCUT2D eigenvalue weighted by atomic mass is 9.98. The van der Waals surface area contributed by atoms with E-state index in [9.17, 15) is 0 Å². The molecule has 0 saturated carbocycles. The van der Waals surface area contributed by atoms with Crippen molar-refractivity contribution in [3.8, 4) is 0 Å². The third-order valence-corrected chi connectivity index (χ3v) is 4.85. The molecule has 4 bridgehead atoms. The molecule has 2 aliphatic rings. The van der Waals surface area contributed by atoms with Crippen LogP contribution < -0.4 is 10.6 Å². The lowest BCUT2D eigenvalue weighted by molar-refractivity contribution is 0.347. The van der Waals surface area contributed by atoms with Crippen molar-refractivity contribution in [1.82, 2.24) is 20.4 Å². The number of hydrogen-bond donors (Lipinski definition) is 2. The summed E-state index contributed by atoms with van der Waals surface area (Å²) in [4.78, 5) is 9.05. The minimum absolute atomic E-state index is 0.747. The van der Waals surface area contributed by atoms with Crippen LogP contribution in [0.15, 0.2) is 60.5 Å². The number of nitrogens with zero attached hydrogens (tertiary/aromatic N) is 3. The van der Waals surface area contributed by atoms with Crippen molar-refractivity contribution >= 4 is 17.1 Å². The Kier molecular flexibility index (Phi) is 5.81. The van der Waals surface area contributed by atoms with E-state index in [0.717, 1.165) is 60.2 Å². The summed E-state index contributed by atoms with van der Waals surface area (Å²) >= 11 is 0. The molecule has 0 amide bonds. The highest BCUT2D eigenvalue weighted by Gasteiger charge is 2.16. The number of aryl methyl sites for hydroxylation is 1. The highest BCUT2D eigenvalue weighted by atomic mass is 15.3. The van der Waals surface area contributed by atoms with E-state index in [4.69, 9.17) is 4.99 Å². The van der Waals surface area contributed by atoms with Gasteiger partial charge in [-0.25, -0.2) is 0 Å². The zero-order valence-corrected chi connectivity index (χ0v) is 16.5. The fourth-order valence-corrected chi connectivity index (χ4v) is 3.27. The molecule has 1 aromatic carbocycles. The molecule has 0 atom stereocenters. The summed E-state index contributed by atoms with van der Waals surface area (Å²) in [6.07, 6.45) is 5.94. The molecule has 0 unspecified atom stereocenters. The van der Waals surface area contributed by atoms with E-state index in [1.54, 1.807) is 0 Å². The Morgan fingerprint density at radius 2 is 1.93 bits per heavy atom. The van der Waals surface area contributed by atoms with E-state index in [2.05, 4.69) is 65.8 Å². The summed E-state index contributed by atoms with van der Waals surface area (Å²) in [7, 11) is 4.14. The first-order valence-corrected chi connectivity index (χ1v) is 9.31. The van der Waals surface area contributed by atoms with Crippen molar-refractivity contribution in [2.75, 3.05) is 40.3 Å². The summed E-state index contributed by atoms with van der Waals surface area (Å²) in [6.45, 7) is 13.9. The number of nitrogens with one attached hydrogen (secondary N) is 2. The number of fused-ring (bicyclic) bond motifs is 4. The quantitative estimate of drug-likeness (QED) is 0.805. The first-order chi connectivity index (χ1) is 13.0. The molecule has 0 aromatic heterocycles. The van der Waals surface area contributed by atoms with Crippen molar-refractivity contribution in [1.29, 1.82) is 0 Å². The number of rotatable bonds is 1. The van der Waals surface area contributed by atoms with Crippen LogP contribution in [-0.2, 0) is 0 Å². The van der Waals surface area contributed by atoms with Crippen LogP contribution in [0.3, 0.4) is 0 Å². The fourth-order valence-electron chi connectivity index (χ4n) is 3.27. The van der Waals surface area contributed by atoms with Crippen LogP contribution >= 0.6 is 0 Å². The van der Waals surface area contributed by atoms with Crippen molar-refractivity contribution < 1.29 is 0 Å². The van der Waals surface area contributed by atoms with Gasteiger partial charge in [-0.2, -0.15) is 0 Å². The number of aliphatic imine (C=N–C) groups is 1. The van der Waals surface area contributed by atoms with Gasteiger partial charge in [-0.1, -0.05) is 25.3 Å².